The zero-order valence-corrected chi connectivity index (χ0v) is 19.4. The van der Waals surface area contributed by atoms with Gasteiger partial charge in [0.25, 0.3) is 0 Å². The van der Waals surface area contributed by atoms with Crippen LogP contribution in [0, 0.1) is 0 Å². The SMILES string of the molecule is CC(C)OC(OC(C)C)[C@H]1O[C@H](CO)[C@@H](OCc2ccccc2)[C@@H]1OCc1ccccc1. The Kier molecular flexibility index (Phi) is 9.66. The van der Waals surface area contributed by atoms with Crippen molar-refractivity contribution in [3.05, 3.63) is 71.8 Å². The Morgan fingerprint density at radius 1 is 0.750 bits per heavy atom. The molecule has 2 aromatic carbocycles. The normalized spacial score (nSPS) is 23.5. The molecule has 0 aromatic heterocycles. The summed E-state index contributed by atoms with van der Waals surface area (Å²) in [6.07, 6.45) is -2.79. The summed E-state index contributed by atoms with van der Waals surface area (Å²) in [5.74, 6) is 0. The molecule has 1 N–H and O–H groups in total. The molecule has 3 rings (SSSR count). The van der Waals surface area contributed by atoms with Crippen molar-refractivity contribution in [3.63, 3.8) is 0 Å². The maximum Gasteiger partial charge on any atom is 0.186 e. The van der Waals surface area contributed by atoms with Crippen LogP contribution < -0.4 is 0 Å². The standard InChI is InChI=1S/C26H36O6/c1-18(2)30-26(31-19(3)4)25-24(29-17-21-13-9-6-10-14-21)23(22(15-27)32-25)28-16-20-11-7-5-8-12-20/h5-14,18-19,22-27H,15-17H2,1-4H3/t22-,23-,24+,25+/m1/s1. The van der Waals surface area contributed by atoms with Crippen molar-refractivity contribution in [1.29, 1.82) is 0 Å². The van der Waals surface area contributed by atoms with Gasteiger partial charge in [-0.1, -0.05) is 60.7 Å². The molecule has 0 bridgehead atoms. The molecule has 1 aliphatic heterocycles. The minimum Gasteiger partial charge on any atom is -0.394 e. The second-order valence-electron chi connectivity index (χ2n) is 8.58. The van der Waals surface area contributed by atoms with E-state index < -0.39 is 30.7 Å². The fourth-order valence-electron chi connectivity index (χ4n) is 3.77. The topological polar surface area (TPSA) is 66.4 Å². The molecular weight excluding hydrogens is 408 g/mol. The summed E-state index contributed by atoms with van der Waals surface area (Å²) in [4.78, 5) is 0. The minimum absolute atomic E-state index is 0.0611. The van der Waals surface area contributed by atoms with Gasteiger partial charge in [0.1, 0.15) is 24.4 Å². The minimum atomic E-state index is -0.643. The molecule has 1 fully saturated rings. The van der Waals surface area contributed by atoms with Gasteiger partial charge in [-0.25, -0.2) is 0 Å². The predicted octanol–water partition coefficient (Wildman–Crippen LogP) is 4.09. The van der Waals surface area contributed by atoms with Crippen LogP contribution in [0.25, 0.3) is 0 Å². The lowest BCUT2D eigenvalue weighted by atomic mass is 10.1. The molecule has 1 aliphatic rings. The lowest BCUT2D eigenvalue weighted by Crippen LogP contribution is -2.45. The van der Waals surface area contributed by atoms with E-state index in [0.717, 1.165) is 11.1 Å². The predicted molar refractivity (Wildman–Crippen MR) is 122 cm³/mol. The van der Waals surface area contributed by atoms with E-state index in [2.05, 4.69) is 0 Å². The molecule has 32 heavy (non-hydrogen) atoms. The van der Waals surface area contributed by atoms with E-state index >= 15 is 0 Å². The van der Waals surface area contributed by atoms with Gasteiger partial charge in [-0.2, -0.15) is 0 Å². The Balaban J connectivity index is 1.81. The van der Waals surface area contributed by atoms with E-state index in [9.17, 15) is 5.11 Å². The van der Waals surface area contributed by atoms with Crippen LogP contribution in [0.5, 0.6) is 0 Å². The number of benzene rings is 2. The molecule has 0 aliphatic carbocycles. The maximum atomic E-state index is 10.1. The number of hydrogen-bond donors (Lipinski definition) is 1. The monoisotopic (exact) mass is 444 g/mol. The third-order valence-electron chi connectivity index (χ3n) is 5.18. The van der Waals surface area contributed by atoms with Gasteiger partial charge >= 0.3 is 0 Å². The number of rotatable bonds is 12. The lowest BCUT2D eigenvalue weighted by Gasteiger charge is -2.31. The fourth-order valence-corrected chi connectivity index (χ4v) is 3.77. The summed E-state index contributed by atoms with van der Waals surface area (Å²) in [5, 5.41) is 10.1. The van der Waals surface area contributed by atoms with E-state index in [4.69, 9.17) is 23.7 Å². The van der Waals surface area contributed by atoms with Crippen molar-refractivity contribution in [2.45, 2.75) is 83.8 Å². The molecule has 1 heterocycles. The van der Waals surface area contributed by atoms with Crippen molar-refractivity contribution in [2.75, 3.05) is 6.61 Å². The average Bonchev–Trinajstić information content (AvgIpc) is 3.14. The Labute approximate surface area is 191 Å². The van der Waals surface area contributed by atoms with Gasteiger partial charge in [-0.15, -0.1) is 0 Å². The van der Waals surface area contributed by atoms with Crippen LogP contribution in [0.2, 0.25) is 0 Å². The second-order valence-corrected chi connectivity index (χ2v) is 8.58. The van der Waals surface area contributed by atoms with Crippen molar-refractivity contribution < 1.29 is 28.8 Å². The molecule has 0 radical (unpaired) electrons. The van der Waals surface area contributed by atoms with Crippen molar-refractivity contribution in [3.8, 4) is 0 Å². The molecule has 0 unspecified atom stereocenters. The summed E-state index contributed by atoms with van der Waals surface area (Å²) >= 11 is 0. The van der Waals surface area contributed by atoms with Crippen molar-refractivity contribution >= 4 is 0 Å². The van der Waals surface area contributed by atoms with Crippen LogP contribution in [0.3, 0.4) is 0 Å². The summed E-state index contributed by atoms with van der Waals surface area (Å²) < 4.78 is 31.0. The Morgan fingerprint density at radius 3 is 1.66 bits per heavy atom. The molecule has 0 amide bonds. The molecule has 6 nitrogen and oxygen atoms in total. The molecule has 2 aromatic rings. The number of aliphatic hydroxyl groups is 1. The van der Waals surface area contributed by atoms with Gasteiger partial charge in [-0.3, -0.25) is 0 Å². The molecule has 0 saturated carbocycles. The highest BCUT2D eigenvalue weighted by Gasteiger charge is 2.50. The molecule has 6 heteroatoms. The summed E-state index contributed by atoms with van der Waals surface area (Å²) in [6, 6.07) is 19.9. The highest BCUT2D eigenvalue weighted by atomic mass is 16.7. The smallest absolute Gasteiger partial charge is 0.186 e. The van der Waals surface area contributed by atoms with Gasteiger partial charge in [0.05, 0.1) is 32.0 Å². The quantitative estimate of drug-likeness (QED) is 0.498. The Hall–Kier alpha value is -1.80. The second kappa shape index (κ2) is 12.4. The third kappa shape index (κ3) is 7.10. The molecule has 0 spiro atoms. The van der Waals surface area contributed by atoms with Crippen LogP contribution in [0.15, 0.2) is 60.7 Å². The van der Waals surface area contributed by atoms with Crippen LogP contribution >= 0.6 is 0 Å². The largest absolute Gasteiger partial charge is 0.394 e. The van der Waals surface area contributed by atoms with Crippen LogP contribution in [0.4, 0.5) is 0 Å². The zero-order chi connectivity index (χ0) is 22.9. The first-order valence-electron chi connectivity index (χ1n) is 11.4. The highest BCUT2D eigenvalue weighted by Crippen LogP contribution is 2.32. The van der Waals surface area contributed by atoms with E-state index in [1.807, 2.05) is 88.4 Å². The molecule has 1 saturated heterocycles. The number of hydrogen-bond acceptors (Lipinski definition) is 6. The molecule has 176 valence electrons. The number of aliphatic hydroxyl groups excluding tert-OH is 1. The van der Waals surface area contributed by atoms with Gasteiger partial charge in [0, 0.05) is 0 Å². The summed E-state index contributed by atoms with van der Waals surface area (Å²) in [7, 11) is 0. The first kappa shape index (κ1) is 24.8. The van der Waals surface area contributed by atoms with Crippen LogP contribution in [-0.2, 0) is 36.9 Å². The maximum absolute atomic E-state index is 10.1. The van der Waals surface area contributed by atoms with Crippen molar-refractivity contribution in [2.24, 2.45) is 0 Å². The first-order valence-corrected chi connectivity index (χ1v) is 11.4. The van der Waals surface area contributed by atoms with Crippen molar-refractivity contribution in [1.82, 2.24) is 0 Å². The summed E-state index contributed by atoms with van der Waals surface area (Å²) in [6.45, 7) is 8.43. The first-order chi connectivity index (χ1) is 15.5. The van der Waals surface area contributed by atoms with Gasteiger partial charge < -0.3 is 28.8 Å². The summed E-state index contributed by atoms with van der Waals surface area (Å²) in [5.41, 5.74) is 2.09. The molecule has 4 atom stereocenters. The van der Waals surface area contributed by atoms with Gasteiger partial charge in [-0.05, 0) is 38.8 Å². The fraction of sp³-hybridized carbons (Fsp3) is 0.538. The van der Waals surface area contributed by atoms with E-state index in [-0.39, 0.29) is 18.8 Å². The Bertz CT molecular complexity index is 756. The van der Waals surface area contributed by atoms with Gasteiger partial charge in [0.2, 0.25) is 0 Å². The lowest BCUT2D eigenvalue weighted by molar-refractivity contribution is -0.247. The third-order valence-corrected chi connectivity index (χ3v) is 5.18. The van der Waals surface area contributed by atoms with E-state index in [1.54, 1.807) is 0 Å². The Morgan fingerprint density at radius 2 is 1.22 bits per heavy atom. The molecular formula is C26H36O6. The number of ether oxygens (including phenoxy) is 5. The highest BCUT2D eigenvalue weighted by molar-refractivity contribution is 5.14. The zero-order valence-electron chi connectivity index (χ0n) is 19.4. The van der Waals surface area contributed by atoms with Gasteiger partial charge in [0.15, 0.2) is 6.29 Å². The average molecular weight is 445 g/mol. The van der Waals surface area contributed by atoms with Crippen LogP contribution in [-0.4, -0.2) is 54.6 Å². The van der Waals surface area contributed by atoms with E-state index in [1.165, 1.54) is 0 Å². The van der Waals surface area contributed by atoms with Crippen LogP contribution in [0.1, 0.15) is 38.8 Å². The van der Waals surface area contributed by atoms with E-state index in [0.29, 0.717) is 13.2 Å².